The van der Waals surface area contributed by atoms with Gasteiger partial charge < -0.3 is 4.90 Å². The molecule has 1 aliphatic heterocycles. The number of aliphatic imine (C=N–C) groups is 1. The van der Waals surface area contributed by atoms with Gasteiger partial charge in [0.25, 0.3) is 5.91 Å². The van der Waals surface area contributed by atoms with Crippen LogP contribution >= 0.6 is 11.6 Å². The fourth-order valence-corrected chi connectivity index (χ4v) is 2.31. The smallest absolute Gasteiger partial charge is 0.255 e. The van der Waals surface area contributed by atoms with Crippen molar-refractivity contribution in [3.63, 3.8) is 0 Å². The van der Waals surface area contributed by atoms with E-state index in [1.165, 1.54) is 5.54 Å². The van der Waals surface area contributed by atoms with E-state index in [1.807, 2.05) is 11.8 Å². The van der Waals surface area contributed by atoms with E-state index < -0.39 is 0 Å². The van der Waals surface area contributed by atoms with Crippen LogP contribution in [-0.4, -0.2) is 30.1 Å². The first-order valence-corrected chi connectivity index (χ1v) is 6.68. The standard InChI is InChI=1S/C14H21ClN2O/c1-4-16-10-12(6-8-15)13(18)17-9-5-7-14(2,3)11-17/h4,6,8,10H,5,7,9,11H2,1-3H3/b8-6+,12-10+,16-4-. The number of halogens is 1. The number of amides is 1. The zero-order chi connectivity index (χ0) is 13.6. The molecule has 1 saturated heterocycles. The highest BCUT2D eigenvalue weighted by Crippen LogP contribution is 2.29. The van der Waals surface area contributed by atoms with Crippen molar-refractivity contribution in [1.29, 1.82) is 0 Å². The molecule has 0 aromatic heterocycles. The molecule has 18 heavy (non-hydrogen) atoms. The molecule has 0 aliphatic carbocycles. The Balaban J connectivity index is 2.83. The highest BCUT2D eigenvalue weighted by molar-refractivity contribution is 6.25. The number of hydrogen-bond donors (Lipinski definition) is 0. The van der Waals surface area contributed by atoms with Crippen LogP contribution in [0, 0.1) is 5.41 Å². The molecule has 0 radical (unpaired) electrons. The van der Waals surface area contributed by atoms with Gasteiger partial charge in [-0.05, 0) is 31.3 Å². The highest BCUT2D eigenvalue weighted by Gasteiger charge is 2.29. The van der Waals surface area contributed by atoms with E-state index in [9.17, 15) is 4.79 Å². The molecule has 1 fully saturated rings. The van der Waals surface area contributed by atoms with Crippen molar-refractivity contribution in [2.75, 3.05) is 13.1 Å². The molecule has 1 amide bonds. The van der Waals surface area contributed by atoms with Crippen LogP contribution in [0.25, 0.3) is 0 Å². The molecule has 0 aromatic rings. The minimum absolute atomic E-state index is 0.00488. The molecule has 0 saturated carbocycles. The average Bonchev–Trinajstić information content (AvgIpc) is 2.32. The van der Waals surface area contributed by atoms with Gasteiger partial charge in [0, 0.05) is 31.0 Å². The predicted molar refractivity (Wildman–Crippen MR) is 76.8 cm³/mol. The second kappa shape index (κ2) is 6.74. The average molecular weight is 269 g/mol. The van der Waals surface area contributed by atoms with E-state index >= 15 is 0 Å². The fourth-order valence-electron chi connectivity index (χ4n) is 2.17. The van der Waals surface area contributed by atoms with Crippen molar-refractivity contribution in [2.24, 2.45) is 10.4 Å². The third-order valence-electron chi connectivity index (χ3n) is 3.04. The van der Waals surface area contributed by atoms with Gasteiger partial charge in [-0.1, -0.05) is 25.4 Å². The molecule has 1 rings (SSSR count). The zero-order valence-corrected chi connectivity index (χ0v) is 12.1. The molecule has 1 aliphatic rings. The van der Waals surface area contributed by atoms with Crippen molar-refractivity contribution < 1.29 is 4.79 Å². The molecule has 0 spiro atoms. The molecule has 1 heterocycles. The van der Waals surface area contributed by atoms with Gasteiger partial charge in [0.05, 0.1) is 5.57 Å². The van der Waals surface area contributed by atoms with Crippen LogP contribution in [0.2, 0.25) is 0 Å². The lowest BCUT2D eigenvalue weighted by molar-refractivity contribution is -0.129. The number of hydrogen-bond acceptors (Lipinski definition) is 2. The fraction of sp³-hybridized carbons (Fsp3) is 0.571. The maximum absolute atomic E-state index is 12.4. The molecular formula is C14H21ClN2O. The first kappa shape index (κ1) is 15.0. The minimum atomic E-state index is 0.00488. The Morgan fingerprint density at radius 2 is 2.17 bits per heavy atom. The number of likely N-dealkylation sites (tertiary alicyclic amines) is 1. The molecular weight excluding hydrogens is 248 g/mol. The summed E-state index contributed by atoms with van der Waals surface area (Å²) >= 11 is 5.57. The van der Waals surface area contributed by atoms with Crippen molar-refractivity contribution in [3.05, 3.63) is 23.4 Å². The number of piperidine rings is 1. The summed E-state index contributed by atoms with van der Waals surface area (Å²) < 4.78 is 0. The summed E-state index contributed by atoms with van der Waals surface area (Å²) in [5.74, 6) is 0.00488. The first-order chi connectivity index (χ1) is 8.50. The van der Waals surface area contributed by atoms with Crippen LogP contribution in [0.3, 0.4) is 0 Å². The van der Waals surface area contributed by atoms with Crippen LogP contribution in [0.15, 0.2) is 28.4 Å². The summed E-state index contributed by atoms with van der Waals surface area (Å²) in [6.45, 7) is 7.79. The van der Waals surface area contributed by atoms with E-state index in [0.717, 1.165) is 25.9 Å². The van der Waals surface area contributed by atoms with Gasteiger partial charge in [-0.15, -0.1) is 0 Å². The Hall–Kier alpha value is -1.09. The van der Waals surface area contributed by atoms with Crippen molar-refractivity contribution >= 4 is 23.7 Å². The van der Waals surface area contributed by atoms with Crippen molar-refractivity contribution in [3.8, 4) is 0 Å². The van der Waals surface area contributed by atoms with Gasteiger partial charge in [0.15, 0.2) is 0 Å². The Bertz CT molecular complexity index is 383. The Kier molecular flexibility index (Phi) is 5.60. The van der Waals surface area contributed by atoms with Crippen LogP contribution in [-0.2, 0) is 4.79 Å². The Labute approximate surface area is 114 Å². The molecule has 0 aromatic carbocycles. The van der Waals surface area contributed by atoms with Gasteiger partial charge >= 0.3 is 0 Å². The monoisotopic (exact) mass is 268 g/mol. The van der Waals surface area contributed by atoms with Crippen LogP contribution in [0.4, 0.5) is 0 Å². The summed E-state index contributed by atoms with van der Waals surface area (Å²) in [5.41, 5.74) is 2.07. The summed E-state index contributed by atoms with van der Waals surface area (Å²) in [6.07, 6.45) is 7.01. The van der Waals surface area contributed by atoms with E-state index in [2.05, 4.69) is 18.8 Å². The van der Waals surface area contributed by atoms with E-state index in [-0.39, 0.29) is 11.3 Å². The first-order valence-electron chi connectivity index (χ1n) is 6.24. The lowest BCUT2D eigenvalue weighted by atomic mass is 9.84. The molecule has 3 nitrogen and oxygen atoms in total. The highest BCUT2D eigenvalue weighted by atomic mass is 35.5. The van der Waals surface area contributed by atoms with Gasteiger partial charge in [0.2, 0.25) is 0 Å². The number of rotatable bonds is 3. The normalized spacial score (nSPS) is 20.9. The summed E-state index contributed by atoms with van der Waals surface area (Å²) in [5, 5.41) is 0. The minimum Gasteiger partial charge on any atom is -0.338 e. The predicted octanol–water partition coefficient (Wildman–Crippen LogP) is 3.36. The Morgan fingerprint density at radius 3 is 2.72 bits per heavy atom. The third-order valence-corrected chi connectivity index (χ3v) is 3.17. The third kappa shape index (κ3) is 4.30. The number of nitrogens with zero attached hydrogens (tertiary/aromatic N) is 2. The van der Waals surface area contributed by atoms with E-state index in [1.54, 1.807) is 18.5 Å². The maximum atomic E-state index is 12.4. The van der Waals surface area contributed by atoms with Crippen LogP contribution < -0.4 is 0 Å². The Morgan fingerprint density at radius 1 is 1.44 bits per heavy atom. The van der Waals surface area contributed by atoms with Gasteiger partial charge in [0.1, 0.15) is 0 Å². The summed E-state index contributed by atoms with van der Waals surface area (Å²) in [4.78, 5) is 18.2. The number of carbonyl (C=O) groups excluding carboxylic acids is 1. The van der Waals surface area contributed by atoms with Crippen LogP contribution in [0.1, 0.15) is 33.6 Å². The van der Waals surface area contributed by atoms with Crippen molar-refractivity contribution in [2.45, 2.75) is 33.6 Å². The summed E-state index contributed by atoms with van der Waals surface area (Å²) in [6, 6.07) is 0. The topological polar surface area (TPSA) is 32.7 Å². The number of carbonyl (C=O) groups is 1. The largest absolute Gasteiger partial charge is 0.338 e. The van der Waals surface area contributed by atoms with Gasteiger partial charge in [-0.2, -0.15) is 0 Å². The molecule has 4 heteroatoms. The quantitative estimate of drug-likeness (QED) is 0.439. The molecule has 0 unspecified atom stereocenters. The molecule has 0 atom stereocenters. The summed E-state index contributed by atoms with van der Waals surface area (Å²) in [7, 11) is 0. The second-order valence-corrected chi connectivity index (χ2v) is 5.53. The van der Waals surface area contributed by atoms with E-state index in [4.69, 9.17) is 11.6 Å². The molecule has 0 bridgehead atoms. The van der Waals surface area contributed by atoms with Gasteiger partial charge in [-0.3, -0.25) is 9.79 Å². The lowest BCUT2D eigenvalue weighted by Crippen LogP contribution is -2.44. The zero-order valence-electron chi connectivity index (χ0n) is 11.3. The lowest BCUT2D eigenvalue weighted by Gasteiger charge is -2.38. The SMILES string of the molecule is C\C=N/C=C(\C=C\Cl)C(=O)N1CCCC(C)(C)C1. The van der Waals surface area contributed by atoms with Gasteiger partial charge in [-0.25, -0.2) is 0 Å². The van der Waals surface area contributed by atoms with Crippen molar-refractivity contribution in [1.82, 2.24) is 4.90 Å². The molecule has 100 valence electrons. The van der Waals surface area contributed by atoms with E-state index in [0.29, 0.717) is 5.57 Å². The second-order valence-electron chi connectivity index (χ2n) is 5.28. The van der Waals surface area contributed by atoms with Crippen LogP contribution in [0.5, 0.6) is 0 Å². The maximum Gasteiger partial charge on any atom is 0.255 e. The molecule has 0 N–H and O–H groups in total.